The van der Waals surface area contributed by atoms with Gasteiger partial charge in [0.2, 0.25) is 0 Å². The maximum Gasteiger partial charge on any atom is 0.253 e. The first-order valence-electron chi connectivity index (χ1n) is 7.95. The van der Waals surface area contributed by atoms with Crippen LogP contribution in [0.4, 0.5) is 0 Å². The third-order valence-corrected chi connectivity index (χ3v) is 5.45. The van der Waals surface area contributed by atoms with Crippen LogP contribution in [0, 0.1) is 11.8 Å². The van der Waals surface area contributed by atoms with Crippen LogP contribution in [0.1, 0.15) is 30.9 Å². The lowest BCUT2D eigenvalue weighted by Crippen LogP contribution is -2.55. The van der Waals surface area contributed by atoms with E-state index in [0.29, 0.717) is 24.3 Å². The Kier molecular flexibility index (Phi) is 2.81. The van der Waals surface area contributed by atoms with Crippen LogP contribution >= 0.6 is 0 Å². The van der Waals surface area contributed by atoms with Crippen LogP contribution in [0.3, 0.4) is 0 Å². The van der Waals surface area contributed by atoms with Gasteiger partial charge in [0.1, 0.15) is 5.54 Å². The van der Waals surface area contributed by atoms with Gasteiger partial charge in [-0.1, -0.05) is 24.3 Å². The maximum atomic E-state index is 12.7. The number of rotatable bonds is 1. The number of fused-ring (bicyclic) bond motifs is 1. The van der Waals surface area contributed by atoms with E-state index in [9.17, 15) is 4.79 Å². The van der Waals surface area contributed by atoms with Gasteiger partial charge in [-0.3, -0.25) is 15.1 Å². The van der Waals surface area contributed by atoms with E-state index in [0.717, 1.165) is 25.7 Å². The van der Waals surface area contributed by atoms with Crippen LogP contribution in [0.2, 0.25) is 0 Å². The van der Waals surface area contributed by atoms with Gasteiger partial charge >= 0.3 is 0 Å². The summed E-state index contributed by atoms with van der Waals surface area (Å²) in [4.78, 5) is 17.1. The summed E-state index contributed by atoms with van der Waals surface area (Å²) >= 11 is 0. The molecule has 1 aliphatic heterocycles. The van der Waals surface area contributed by atoms with E-state index in [2.05, 4.69) is 39.9 Å². The average molecular weight is 283 g/mol. The lowest BCUT2D eigenvalue weighted by molar-refractivity contribution is -0.126. The van der Waals surface area contributed by atoms with Gasteiger partial charge in [0, 0.05) is 6.54 Å². The van der Waals surface area contributed by atoms with E-state index in [4.69, 9.17) is 0 Å². The fourth-order valence-electron chi connectivity index (χ4n) is 4.51. The second-order valence-electron chi connectivity index (χ2n) is 6.42. The molecular formula is C17H21N3O. The summed E-state index contributed by atoms with van der Waals surface area (Å²) in [6, 6.07) is 8.66. The molecule has 1 amide bonds. The summed E-state index contributed by atoms with van der Waals surface area (Å²) in [6.45, 7) is 2.68. The highest BCUT2D eigenvalue weighted by molar-refractivity contribution is 6.09. The zero-order valence-corrected chi connectivity index (χ0v) is 12.4. The molecule has 2 fully saturated rings. The minimum absolute atomic E-state index is 0.134. The predicted molar refractivity (Wildman–Crippen MR) is 82.0 cm³/mol. The molecule has 2 aliphatic carbocycles. The number of benzene rings is 1. The third kappa shape index (κ3) is 1.74. The van der Waals surface area contributed by atoms with Crippen LogP contribution in [-0.4, -0.2) is 24.0 Å². The van der Waals surface area contributed by atoms with Crippen molar-refractivity contribution in [2.45, 2.75) is 38.1 Å². The summed E-state index contributed by atoms with van der Waals surface area (Å²) in [5.41, 5.74) is 2.40. The summed E-state index contributed by atoms with van der Waals surface area (Å²) in [5, 5.41) is 6.45. The van der Waals surface area contributed by atoms with Crippen molar-refractivity contribution in [3.63, 3.8) is 0 Å². The molecule has 3 aliphatic rings. The van der Waals surface area contributed by atoms with Gasteiger partial charge in [-0.15, -0.1) is 0 Å². The largest absolute Gasteiger partial charge is 0.341 e. The normalized spacial score (nSPS) is 35.5. The molecule has 0 radical (unpaired) electrons. The van der Waals surface area contributed by atoms with Gasteiger partial charge in [-0.2, -0.15) is 0 Å². The Morgan fingerprint density at radius 2 is 1.81 bits per heavy atom. The quantitative estimate of drug-likeness (QED) is 0.823. The average Bonchev–Trinajstić information content (AvgIpc) is 2.90. The molecule has 1 aromatic rings. The number of amides is 1. The van der Waals surface area contributed by atoms with Gasteiger partial charge in [-0.25, -0.2) is 0 Å². The number of nitrogens with one attached hydrogen (secondary N) is 2. The zero-order chi connectivity index (χ0) is 14.4. The van der Waals surface area contributed by atoms with Crippen molar-refractivity contribution in [3.8, 4) is 0 Å². The second-order valence-corrected chi connectivity index (χ2v) is 6.42. The highest BCUT2D eigenvalue weighted by atomic mass is 16.2. The zero-order valence-electron chi connectivity index (χ0n) is 12.4. The lowest BCUT2D eigenvalue weighted by atomic mass is 9.79. The smallest absolute Gasteiger partial charge is 0.253 e. The second kappa shape index (κ2) is 4.58. The van der Waals surface area contributed by atoms with Crippen molar-refractivity contribution in [2.24, 2.45) is 16.8 Å². The molecule has 2 N–H and O–H groups in total. The topological polar surface area (TPSA) is 53.5 Å². The number of carbonyl (C=O) groups is 1. The minimum Gasteiger partial charge on any atom is -0.341 e. The molecule has 1 heterocycles. The minimum atomic E-state index is -0.437. The Bertz CT molecular complexity index is 589. The van der Waals surface area contributed by atoms with E-state index in [-0.39, 0.29) is 5.91 Å². The molecule has 1 spiro atoms. The van der Waals surface area contributed by atoms with Crippen molar-refractivity contribution in [3.05, 3.63) is 35.4 Å². The molecule has 1 aromatic carbocycles. The van der Waals surface area contributed by atoms with Crippen molar-refractivity contribution in [2.75, 3.05) is 6.54 Å². The van der Waals surface area contributed by atoms with E-state index < -0.39 is 5.54 Å². The molecule has 21 heavy (non-hydrogen) atoms. The fraction of sp³-hybridized carbons (Fsp3) is 0.529. The molecule has 0 aromatic heterocycles. The summed E-state index contributed by atoms with van der Waals surface area (Å²) in [5.74, 6) is 1.55. The van der Waals surface area contributed by atoms with Crippen molar-refractivity contribution >= 4 is 11.9 Å². The van der Waals surface area contributed by atoms with Gasteiger partial charge < -0.3 is 5.32 Å². The summed E-state index contributed by atoms with van der Waals surface area (Å²) < 4.78 is 0. The first kappa shape index (κ1) is 12.9. The number of guanidine groups is 1. The van der Waals surface area contributed by atoms with E-state index in [1.165, 1.54) is 11.1 Å². The Labute approximate surface area is 125 Å². The van der Waals surface area contributed by atoms with Crippen molar-refractivity contribution in [1.82, 2.24) is 10.6 Å². The summed E-state index contributed by atoms with van der Waals surface area (Å²) in [7, 11) is 0. The third-order valence-electron chi connectivity index (χ3n) is 5.45. The van der Waals surface area contributed by atoms with Crippen molar-refractivity contribution < 1.29 is 4.79 Å². The highest BCUT2D eigenvalue weighted by Gasteiger charge is 2.59. The van der Waals surface area contributed by atoms with E-state index in [1.807, 2.05) is 6.92 Å². The molecule has 2 unspecified atom stereocenters. The molecule has 4 nitrogen and oxygen atoms in total. The SMILES string of the molecule is CCN=C1NC(=O)C2(N1)C1CCC2Cc2ccccc2C1. The molecule has 1 saturated carbocycles. The van der Waals surface area contributed by atoms with Gasteiger partial charge in [-0.05, 0) is 55.6 Å². The van der Waals surface area contributed by atoms with Gasteiger partial charge in [0.25, 0.3) is 5.91 Å². The maximum absolute atomic E-state index is 12.7. The Hall–Kier alpha value is -1.84. The first-order chi connectivity index (χ1) is 10.2. The lowest BCUT2D eigenvalue weighted by Gasteiger charge is -2.32. The first-order valence-corrected chi connectivity index (χ1v) is 7.95. The van der Waals surface area contributed by atoms with E-state index in [1.54, 1.807) is 0 Å². The standard InChI is InChI=1S/C17H21N3O/c1-2-18-16-19-15(21)17(20-16)13-7-8-14(17)10-12-6-4-3-5-11(12)9-13/h3-6,13-14H,2,7-10H2,1H3,(H2,18,19,20,21). The fourth-order valence-corrected chi connectivity index (χ4v) is 4.51. The van der Waals surface area contributed by atoms with Crippen LogP contribution < -0.4 is 10.6 Å². The molecule has 2 atom stereocenters. The Morgan fingerprint density at radius 1 is 1.19 bits per heavy atom. The highest BCUT2D eigenvalue weighted by Crippen LogP contribution is 2.48. The molecule has 4 rings (SSSR count). The summed E-state index contributed by atoms with van der Waals surface area (Å²) in [6.07, 6.45) is 4.23. The van der Waals surface area contributed by atoms with Gasteiger partial charge in [0.05, 0.1) is 0 Å². The number of hydrogen-bond acceptors (Lipinski definition) is 2. The molecule has 110 valence electrons. The van der Waals surface area contributed by atoms with Crippen LogP contribution in [-0.2, 0) is 17.6 Å². The Morgan fingerprint density at radius 3 is 2.38 bits per heavy atom. The molecule has 4 heteroatoms. The van der Waals surface area contributed by atoms with E-state index >= 15 is 0 Å². The number of hydrogen-bond donors (Lipinski definition) is 2. The number of aliphatic imine (C=N–C) groups is 1. The van der Waals surface area contributed by atoms with Crippen molar-refractivity contribution in [1.29, 1.82) is 0 Å². The number of carbonyl (C=O) groups excluding carboxylic acids is 1. The molecule has 2 bridgehead atoms. The van der Waals surface area contributed by atoms with Crippen LogP contribution in [0.5, 0.6) is 0 Å². The van der Waals surface area contributed by atoms with Crippen LogP contribution in [0.15, 0.2) is 29.3 Å². The molecule has 1 saturated heterocycles. The Balaban J connectivity index is 1.76. The van der Waals surface area contributed by atoms with Gasteiger partial charge in [0.15, 0.2) is 5.96 Å². The predicted octanol–water partition coefficient (Wildman–Crippen LogP) is 1.65. The van der Waals surface area contributed by atoms with Crippen LogP contribution in [0.25, 0.3) is 0 Å². The molecular weight excluding hydrogens is 262 g/mol. The monoisotopic (exact) mass is 283 g/mol. The number of nitrogens with zero attached hydrogens (tertiary/aromatic N) is 1.